The van der Waals surface area contributed by atoms with Crippen LogP contribution in [0.2, 0.25) is 0 Å². The van der Waals surface area contributed by atoms with Gasteiger partial charge in [-0.25, -0.2) is 4.57 Å². The number of hydrogen-bond donors (Lipinski definition) is 0. The Morgan fingerprint density at radius 3 is 1.00 bits per heavy atom. The predicted molar refractivity (Wildman–Crippen MR) is 132 cm³/mol. The van der Waals surface area contributed by atoms with Crippen molar-refractivity contribution in [1.82, 2.24) is 0 Å². The quantitative estimate of drug-likeness (QED) is 0.197. The smallest absolute Gasteiger partial charge is 0.418 e. The van der Waals surface area contributed by atoms with E-state index in [4.69, 9.17) is 18.5 Å². The highest BCUT2D eigenvalue weighted by atomic mass is 79.9. The molecule has 0 atom stereocenters. The number of ether oxygens (including phenoxy) is 2. The van der Waals surface area contributed by atoms with Gasteiger partial charge in [0.1, 0.15) is 34.5 Å². The van der Waals surface area contributed by atoms with Gasteiger partial charge in [-0.2, -0.15) is 0 Å². The molecule has 4 aromatic rings. The van der Waals surface area contributed by atoms with Crippen molar-refractivity contribution in [2.24, 2.45) is 0 Å². The van der Waals surface area contributed by atoms with E-state index in [9.17, 15) is 4.57 Å². The summed E-state index contributed by atoms with van der Waals surface area (Å²) in [7, 11) is -2.79. The second-order valence-corrected chi connectivity index (χ2v) is 9.25. The molecule has 162 valence electrons. The summed E-state index contributed by atoms with van der Waals surface area (Å²) in [5, 5.41) is 0. The lowest BCUT2D eigenvalue weighted by atomic mass is 10.3. The Balaban J connectivity index is 1.29. The zero-order chi connectivity index (χ0) is 22.3. The summed E-state index contributed by atoms with van der Waals surface area (Å²) < 4.78 is 36.5. The zero-order valence-corrected chi connectivity index (χ0v) is 20.7. The molecule has 5 nitrogen and oxygen atoms in total. The molecule has 0 saturated heterocycles. The third-order valence-corrected chi connectivity index (χ3v) is 6.01. The highest BCUT2D eigenvalue weighted by Gasteiger charge is 2.06. The monoisotopic (exact) mass is 574 g/mol. The maximum absolute atomic E-state index is 12.3. The van der Waals surface area contributed by atoms with Crippen LogP contribution in [0.4, 0.5) is 0 Å². The van der Waals surface area contributed by atoms with Crippen LogP contribution in [0.15, 0.2) is 106 Å². The van der Waals surface area contributed by atoms with Gasteiger partial charge in [-0.3, -0.25) is 0 Å². The van der Waals surface area contributed by atoms with Crippen molar-refractivity contribution >= 4 is 40.1 Å². The lowest BCUT2D eigenvalue weighted by Gasteiger charge is -2.10. The summed E-state index contributed by atoms with van der Waals surface area (Å²) in [6.45, 7) is 0. The second kappa shape index (κ2) is 10.7. The largest absolute Gasteiger partial charge is 0.457 e. The zero-order valence-electron chi connectivity index (χ0n) is 16.5. The van der Waals surface area contributed by atoms with Gasteiger partial charge in [-0.1, -0.05) is 31.9 Å². The molecule has 0 N–H and O–H groups in total. The van der Waals surface area contributed by atoms with Crippen LogP contribution in [0.1, 0.15) is 0 Å². The van der Waals surface area contributed by atoms with Crippen LogP contribution >= 0.6 is 40.1 Å². The molecule has 0 aliphatic heterocycles. The maximum Gasteiger partial charge on any atom is 0.418 e. The van der Waals surface area contributed by atoms with Crippen molar-refractivity contribution in [2.75, 3.05) is 0 Å². The van der Waals surface area contributed by atoms with Gasteiger partial charge < -0.3 is 18.5 Å². The molecule has 0 aromatic heterocycles. The number of benzene rings is 4. The molecule has 0 amide bonds. The molecule has 8 heteroatoms. The fraction of sp³-hybridized carbons (Fsp3) is 0. The van der Waals surface area contributed by atoms with Gasteiger partial charge in [0.25, 0.3) is 0 Å². The molecule has 0 aliphatic carbocycles. The van der Waals surface area contributed by atoms with Crippen molar-refractivity contribution in [3.8, 4) is 34.5 Å². The number of halogens is 2. The van der Waals surface area contributed by atoms with E-state index in [1.807, 2.05) is 48.5 Å². The summed E-state index contributed by atoms with van der Waals surface area (Å²) in [4.78, 5) is 0. The van der Waals surface area contributed by atoms with E-state index >= 15 is 0 Å². The highest BCUT2D eigenvalue weighted by Crippen LogP contribution is 2.33. The van der Waals surface area contributed by atoms with E-state index in [1.165, 1.54) is 0 Å². The lowest BCUT2D eigenvalue weighted by Crippen LogP contribution is -1.90. The summed E-state index contributed by atoms with van der Waals surface area (Å²) in [6, 6.07) is 28.7. The average Bonchev–Trinajstić information content (AvgIpc) is 2.79. The Hall–Kier alpha value is -2.73. The highest BCUT2D eigenvalue weighted by molar-refractivity contribution is 9.10. The van der Waals surface area contributed by atoms with Crippen LogP contribution < -0.4 is 18.5 Å². The van der Waals surface area contributed by atoms with Crippen molar-refractivity contribution in [1.29, 1.82) is 0 Å². The first-order chi connectivity index (χ1) is 15.5. The molecule has 4 aromatic carbocycles. The van der Waals surface area contributed by atoms with Crippen LogP contribution in [0, 0.1) is 0 Å². The van der Waals surface area contributed by atoms with E-state index in [1.54, 1.807) is 48.5 Å². The molecule has 0 aliphatic rings. The summed E-state index contributed by atoms with van der Waals surface area (Å²) in [6.07, 6.45) is 0. The summed E-state index contributed by atoms with van der Waals surface area (Å²) in [5.41, 5.74) is 0. The first-order valence-electron chi connectivity index (χ1n) is 9.50. The van der Waals surface area contributed by atoms with Crippen LogP contribution in [-0.4, -0.2) is 0 Å². The Bertz CT molecular complexity index is 1080. The molecule has 0 heterocycles. The van der Waals surface area contributed by atoms with Crippen LogP contribution in [0.5, 0.6) is 34.5 Å². The van der Waals surface area contributed by atoms with Gasteiger partial charge in [0, 0.05) is 8.95 Å². The Labute approximate surface area is 203 Å². The fourth-order valence-corrected chi connectivity index (χ4v) is 3.87. The van der Waals surface area contributed by atoms with Crippen molar-refractivity contribution in [2.45, 2.75) is 0 Å². The summed E-state index contributed by atoms with van der Waals surface area (Å²) >= 11 is 6.77. The molecule has 0 saturated carbocycles. The first-order valence-corrected chi connectivity index (χ1v) is 12.3. The van der Waals surface area contributed by atoms with E-state index in [0.717, 1.165) is 8.95 Å². The normalized spacial score (nSPS) is 10.6. The van der Waals surface area contributed by atoms with Crippen molar-refractivity contribution < 1.29 is 23.1 Å². The standard InChI is InChI=1S/C24H17Br2O5P/c25-17-1-5-19(6-2-17)28-21-9-13-23(14-10-21)30-32(27)31-24-15-11-22(12-16-24)29-20-7-3-18(26)4-8-20/h1-16,32H. The van der Waals surface area contributed by atoms with Gasteiger partial charge in [0.05, 0.1) is 0 Å². The molecular weight excluding hydrogens is 559 g/mol. The minimum absolute atomic E-state index is 0.423. The average molecular weight is 576 g/mol. The molecular formula is C24H17Br2O5P. The van der Waals surface area contributed by atoms with Crippen molar-refractivity contribution in [3.05, 3.63) is 106 Å². The molecule has 0 bridgehead atoms. The third-order valence-electron chi connectivity index (χ3n) is 4.15. The molecule has 4 rings (SSSR count). The first kappa shape index (κ1) is 22.5. The van der Waals surface area contributed by atoms with E-state index < -0.39 is 8.25 Å². The van der Waals surface area contributed by atoms with Crippen LogP contribution in [0.3, 0.4) is 0 Å². The number of rotatable bonds is 8. The van der Waals surface area contributed by atoms with Gasteiger partial charge in [0.2, 0.25) is 0 Å². The Kier molecular flexibility index (Phi) is 7.53. The second-order valence-electron chi connectivity index (χ2n) is 6.51. The third kappa shape index (κ3) is 6.63. The summed E-state index contributed by atoms with van der Waals surface area (Å²) in [5.74, 6) is 3.56. The minimum atomic E-state index is -2.79. The topological polar surface area (TPSA) is 54.0 Å². The predicted octanol–water partition coefficient (Wildman–Crippen LogP) is 8.64. The molecule has 0 radical (unpaired) electrons. The molecule has 0 unspecified atom stereocenters. The van der Waals surface area contributed by atoms with E-state index in [0.29, 0.717) is 34.5 Å². The van der Waals surface area contributed by atoms with Crippen LogP contribution in [0.25, 0.3) is 0 Å². The SMILES string of the molecule is O=[PH](Oc1ccc(Oc2ccc(Br)cc2)cc1)Oc1ccc(Oc2ccc(Br)cc2)cc1. The minimum Gasteiger partial charge on any atom is -0.457 e. The van der Waals surface area contributed by atoms with E-state index in [2.05, 4.69) is 31.9 Å². The van der Waals surface area contributed by atoms with Crippen molar-refractivity contribution in [3.63, 3.8) is 0 Å². The van der Waals surface area contributed by atoms with E-state index in [-0.39, 0.29) is 0 Å². The Morgan fingerprint density at radius 1 is 0.438 bits per heavy atom. The molecule has 0 spiro atoms. The molecule has 0 fully saturated rings. The van der Waals surface area contributed by atoms with Gasteiger partial charge in [0.15, 0.2) is 0 Å². The maximum atomic E-state index is 12.3. The molecule has 32 heavy (non-hydrogen) atoms. The van der Waals surface area contributed by atoms with Gasteiger partial charge >= 0.3 is 8.25 Å². The van der Waals surface area contributed by atoms with Gasteiger partial charge in [-0.15, -0.1) is 0 Å². The fourth-order valence-electron chi connectivity index (χ4n) is 2.64. The lowest BCUT2D eigenvalue weighted by molar-refractivity contribution is 0.414. The number of hydrogen-bond acceptors (Lipinski definition) is 5. The van der Waals surface area contributed by atoms with Crippen LogP contribution in [-0.2, 0) is 4.57 Å². The Morgan fingerprint density at radius 2 is 0.688 bits per heavy atom. The van der Waals surface area contributed by atoms with Gasteiger partial charge in [-0.05, 0) is 97.1 Å².